The number of nitrogens with zero attached hydrogens (tertiary/aromatic N) is 1. The van der Waals surface area contributed by atoms with Crippen molar-refractivity contribution >= 4 is 17.9 Å². The fourth-order valence-corrected chi connectivity index (χ4v) is 3.37. The number of carbonyl (C=O) groups excluding carboxylic acids is 3. The van der Waals surface area contributed by atoms with Crippen LogP contribution in [0.25, 0.3) is 0 Å². The average Bonchev–Trinajstić information content (AvgIpc) is 2.70. The molecule has 7 heteroatoms. The van der Waals surface area contributed by atoms with Gasteiger partial charge >= 0.3 is 6.09 Å². The fraction of sp³-hybridized carbons (Fsp3) is 0.577. The number of terminal acetylenes is 1. The van der Waals surface area contributed by atoms with Crippen LogP contribution in [0.3, 0.4) is 0 Å². The smallest absolute Gasteiger partial charge is 0.408 e. The lowest BCUT2D eigenvalue weighted by molar-refractivity contribution is -0.142. The van der Waals surface area contributed by atoms with Crippen molar-refractivity contribution in [3.8, 4) is 12.3 Å². The molecule has 0 heterocycles. The van der Waals surface area contributed by atoms with Crippen molar-refractivity contribution in [1.82, 2.24) is 15.5 Å². The van der Waals surface area contributed by atoms with E-state index < -0.39 is 23.8 Å². The van der Waals surface area contributed by atoms with Gasteiger partial charge in [-0.05, 0) is 59.6 Å². The first-order chi connectivity index (χ1) is 15.4. The average molecular weight is 458 g/mol. The predicted octanol–water partition coefficient (Wildman–Crippen LogP) is 4.17. The standard InChI is InChI=1S/C26H39N3O4/c1-9-11-14-17-29(24(31)19(5)28-25(32)33-26(6,7)8)22(23(30)27-18(3)4)21-16-13-12-15-20(21)10-2/h2,12-13,15-16,18-19,22H,9,11,14,17H2,1,3-8H3,(H,27,30)(H,28,32). The first-order valence-corrected chi connectivity index (χ1v) is 11.6. The maximum atomic E-state index is 13.6. The van der Waals surface area contributed by atoms with Crippen molar-refractivity contribution in [2.75, 3.05) is 6.54 Å². The molecular formula is C26H39N3O4. The Morgan fingerprint density at radius 1 is 1.09 bits per heavy atom. The van der Waals surface area contributed by atoms with Gasteiger partial charge in [-0.25, -0.2) is 4.79 Å². The highest BCUT2D eigenvalue weighted by Crippen LogP contribution is 2.26. The zero-order valence-corrected chi connectivity index (χ0v) is 21.0. The van der Waals surface area contributed by atoms with E-state index in [1.165, 1.54) is 4.90 Å². The van der Waals surface area contributed by atoms with E-state index in [0.29, 0.717) is 24.1 Å². The molecule has 0 aromatic heterocycles. The molecule has 2 atom stereocenters. The van der Waals surface area contributed by atoms with Crippen LogP contribution in [0.4, 0.5) is 4.79 Å². The van der Waals surface area contributed by atoms with E-state index in [0.717, 1.165) is 12.8 Å². The summed E-state index contributed by atoms with van der Waals surface area (Å²) >= 11 is 0. The molecule has 1 aromatic rings. The van der Waals surface area contributed by atoms with Gasteiger partial charge in [0.15, 0.2) is 0 Å². The van der Waals surface area contributed by atoms with Crippen LogP contribution in [0.5, 0.6) is 0 Å². The van der Waals surface area contributed by atoms with Gasteiger partial charge in [0.1, 0.15) is 17.7 Å². The summed E-state index contributed by atoms with van der Waals surface area (Å²) < 4.78 is 5.29. The maximum absolute atomic E-state index is 13.6. The Kier molecular flexibility index (Phi) is 10.9. The van der Waals surface area contributed by atoms with E-state index in [1.54, 1.807) is 52.0 Å². The summed E-state index contributed by atoms with van der Waals surface area (Å²) in [5.41, 5.74) is 0.425. The number of carbonyl (C=O) groups is 3. The molecule has 0 fully saturated rings. The van der Waals surface area contributed by atoms with E-state index in [4.69, 9.17) is 11.2 Å². The number of nitrogens with one attached hydrogen (secondary N) is 2. The summed E-state index contributed by atoms with van der Waals surface area (Å²) in [5, 5.41) is 5.51. The summed E-state index contributed by atoms with van der Waals surface area (Å²) in [7, 11) is 0. The van der Waals surface area contributed by atoms with E-state index in [2.05, 4.69) is 23.5 Å². The number of ether oxygens (including phenoxy) is 1. The Balaban J connectivity index is 3.38. The fourth-order valence-electron chi connectivity index (χ4n) is 3.37. The van der Waals surface area contributed by atoms with Crippen LogP contribution < -0.4 is 10.6 Å². The lowest BCUT2D eigenvalue weighted by Gasteiger charge is -2.34. The van der Waals surface area contributed by atoms with E-state index >= 15 is 0 Å². The normalized spacial score (nSPS) is 12.9. The molecule has 2 N–H and O–H groups in total. The Bertz CT molecular complexity index is 852. The molecule has 0 saturated carbocycles. The number of hydrogen-bond acceptors (Lipinski definition) is 4. The van der Waals surface area contributed by atoms with Gasteiger partial charge < -0.3 is 20.3 Å². The zero-order chi connectivity index (χ0) is 25.2. The first kappa shape index (κ1) is 28.0. The minimum absolute atomic E-state index is 0.122. The molecule has 33 heavy (non-hydrogen) atoms. The molecule has 0 bridgehead atoms. The molecule has 0 radical (unpaired) electrons. The third kappa shape index (κ3) is 9.17. The van der Waals surface area contributed by atoms with Gasteiger partial charge in [-0.1, -0.05) is 43.9 Å². The van der Waals surface area contributed by atoms with Crippen LogP contribution in [-0.2, 0) is 14.3 Å². The Morgan fingerprint density at radius 3 is 2.27 bits per heavy atom. The summed E-state index contributed by atoms with van der Waals surface area (Å²) in [6.07, 6.45) is 7.59. The molecule has 182 valence electrons. The van der Waals surface area contributed by atoms with Crippen LogP contribution in [0, 0.1) is 12.3 Å². The maximum Gasteiger partial charge on any atom is 0.408 e. The topological polar surface area (TPSA) is 87.7 Å². The van der Waals surface area contributed by atoms with Crippen LogP contribution in [0.2, 0.25) is 0 Å². The van der Waals surface area contributed by atoms with E-state index in [-0.39, 0.29) is 17.9 Å². The molecule has 0 aliphatic rings. The monoisotopic (exact) mass is 457 g/mol. The lowest BCUT2D eigenvalue weighted by Crippen LogP contribution is -2.52. The van der Waals surface area contributed by atoms with Crippen LogP contribution >= 0.6 is 0 Å². The van der Waals surface area contributed by atoms with Gasteiger partial charge in [0.2, 0.25) is 11.8 Å². The van der Waals surface area contributed by atoms with Crippen molar-refractivity contribution < 1.29 is 19.1 Å². The Morgan fingerprint density at radius 2 is 1.73 bits per heavy atom. The van der Waals surface area contributed by atoms with Gasteiger partial charge in [0.05, 0.1) is 0 Å². The van der Waals surface area contributed by atoms with Gasteiger partial charge in [-0.2, -0.15) is 0 Å². The van der Waals surface area contributed by atoms with E-state index in [9.17, 15) is 14.4 Å². The third-order valence-electron chi connectivity index (χ3n) is 4.79. The number of amides is 3. The van der Waals surface area contributed by atoms with Gasteiger partial charge in [-0.15, -0.1) is 6.42 Å². The molecule has 1 aromatic carbocycles. The molecule has 2 unspecified atom stereocenters. The summed E-state index contributed by atoms with van der Waals surface area (Å²) in [5.74, 6) is 1.93. The van der Waals surface area contributed by atoms with Gasteiger partial charge in [-0.3, -0.25) is 9.59 Å². The number of benzene rings is 1. The van der Waals surface area contributed by atoms with Crippen molar-refractivity contribution in [3.63, 3.8) is 0 Å². The summed E-state index contributed by atoms with van der Waals surface area (Å²) in [6.45, 7) is 13.0. The third-order valence-corrected chi connectivity index (χ3v) is 4.79. The zero-order valence-electron chi connectivity index (χ0n) is 21.0. The number of unbranched alkanes of at least 4 members (excludes halogenated alkanes) is 2. The Labute approximate surface area is 198 Å². The highest BCUT2D eigenvalue weighted by molar-refractivity contribution is 5.92. The molecule has 0 saturated heterocycles. The highest BCUT2D eigenvalue weighted by Gasteiger charge is 2.35. The van der Waals surface area contributed by atoms with Crippen molar-refractivity contribution in [2.45, 2.75) is 91.5 Å². The lowest BCUT2D eigenvalue weighted by atomic mass is 9.97. The van der Waals surface area contributed by atoms with Crippen molar-refractivity contribution in [1.29, 1.82) is 0 Å². The molecule has 3 amide bonds. The second-order valence-corrected chi connectivity index (χ2v) is 9.40. The van der Waals surface area contributed by atoms with Crippen LogP contribution in [0.15, 0.2) is 24.3 Å². The minimum Gasteiger partial charge on any atom is -0.444 e. The number of alkyl carbamates (subject to hydrolysis) is 1. The molecule has 0 spiro atoms. The van der Waals surface area contributed by atoms with E-state index in [1.807, 2.05) is 13.8 Å². The second kappa shape index (κ2) is 12.9. The summed E-state index contributed by atoms with van der Waals surface area (Å²) in [4.78, 5) is 40.7. The second-order valence-electron chi connectivity index (χ2n) is 9.40. The first-order valence-electron chi connectivity index (χ1n) is 11.6. The predicted molar refractivity (Wildman–Crippen MR) is 130 cm³/mol. The molecule has 7 nitrogen and oxygen atoms in total. The Hall–Kier alpha value is -3.01. The molecule has 1 rings (SSSR count). The quantitative estimate of drug-likeness (QED) is 0.408. The van der Waals surface area contributed by atoms with Crippen LogP contribution in [-0.4, -0.2) is 47.0 Å². The molecule has 0 aliphatic heterocycles. The van der Waals surface area contributed by atoms with Gasteiger partial charge in [0.25, 0.3) is 0 Å². The molecular weight excluding hydrogens is 418 g/mol. The molecule has 0 aliphatic carbocycles. The SMILES string of the molecule is C#Cc1ccccc1C(C(=O)NC(C)C)N(CCCCC)C(=O)C(C)NC(=O)OC(C)(C)C. The minimum atomic E-state index is -0.924. The number of rotatable bonds is 10. The largest absolute Gasteiger partial charge is 0.444 e. The highest BCUT2D eigenvalue weighted by atomic mass is 16.6. The van der Waals surface area contributed by atoms with Gasteiger partial charge in [0, 0.05) is 18.2 Å². The summed E-state index contributed by atoms with van der Waals surface area (Å²) in [6, 6.07) is 5.17. The number of hydrogen-bond donors (Lipinski definition) is 2. The van der Waals surface area contributed by atoms with Crippen LogP contribution in [0.1, 0.15) is 84.9 Å². The van der Waals surface area contributed by atoms with Crippen molar-refractivity contribution in [2.24, 2.45) is 0 Å². The van der Waals surface area contributed by atoms with Crippen molar-refractivity contribution in [3.05, 3.63) is 35.4 Å².